The van der Waals surface area contributed by atoms with Crippen molar-refractivity contribution in [1.82, 2.24) is 5.32 Å². The lowest BCUT2D eigenvalue weighted by Crippen LogP contribution is -2.44. The van der Waals surface area contributed by atoms with Crippen molar-refractivity contribution in [1.29, 1.82) is 0 Å². The van der Waals surface area contributed by atoms with Gasteiger partial charge in [0.2, 0.25) is 0 Å². The number of nitrogens with one attached hydrogen (secondary N) is 1. The van der Waals surface area contributed by atoms with Crippen molar-refractivity contribution in [3.8, 4) is 0 Å². The summed E-state index contributed by atoms with van der Waals surface area (Å²) in [6, 6.07) is 7.49. The van der Waals surface area contributed by atoms with Crippen LogP contribution in [0, 0.1) is 5.41 Å². The first-order valence-electron chi connectivity index (χ1n) is 7.08. The Balaban J connectivity index is 2.01. The van der Waals surface area contributed by atoms with E-state index in [-0.39, 0.29) is 24.0 Å². The molecule has 0 radical (unpaired) electrons. The van der Waals surface area contributed by atoms with Gasteiger partial charge in [0.1, 0.15) is 0 Å². The van der Waals surface area contributed by atoms with Crippen molar-refractivity contribution in [3.63, 3.8) is 0 Å². The fourth-order valence-electron chi connectivity index (χ4n) is 2.83. The molecular weight excluding hydrogens is 254 g/mol. The first kappa shape index (κ1) is 15.0. The van der Waals surface area contributed by atoms with Gasteiger partial charge in [-0.15, -0.1) is 0 Å². The van der Waals surface area contributed by atoms with E-state index in [0.29, 0.717) is 12.2 Å². The Bertz CT molecular complexity index is 457. The summed E-state index contributed by atoms with van der Waals surface area (Å²) in [6.07, 6.45) is 2.95. The zero-order valence-corrected chi connectivity index (χ0v) is 12.2. The summed E-state index contributed by atoms with van der Waals surface area (Å²) >= 11 is 0. The number of ether oxygens (including phenoxy) is 1. The van der Waals surface area contributed by atoms with Crippen molar-refractivity contribution < 1.29 is 14.6 Å². The summed E-state index contributed by atoms with van der Waals surface area (Å²) in [7, 11) is 1.65. The van der Waals surface area contributed by atoms with Crippen LogP contribution in [0.1, 0.15) is 42.1 Å². The van der Waals surface area contributed by atoms with Crippen molar-refractivity contribution in [2.24, 2.45) is 5.41 Å². The average Bonchev–Trinajstić information content (AvgIpc) is 2.82. The number of methoxy groups -OCH3 is 1. The molecule has 0 heterocycles. The van der Waals surface area contributed by atoms with Crippen LogP contribution >= 0.6 is 0 Å². The fourth-order valence-corrected chi connectivity index (χ4v) is 2.83. The summed E-state index contributed by atoms with van der Waals surface area (Å²) in [5, 5.41) is 12.6. The number of benzene rings is 1. The normalized spacial score (nSPS) is 25.6. The second-order valence-electron chi connectivity index (χ2n) is 5.86. The van der Waals surface area contributed by atoms with E-state index in [1.54, 1.807) is 7.11 Å². The van der Waals surface area contributed by atoms with E-state index in [2.05, 4.69) is 5.32 Å². The van der Waals surface area contributed by atoms with Gasteiger partial charge in [-0.05, 0) is 30.5 Å². The van der Waals surface area contributed by atoms with Crippen LogP contribution in [0.3, 0.4) is 0 Å². The van der Waals surface area contributed by atoms with Gasteiger partial charge in [0.05, 0.1) is 13.2 Å². The lowest BCUT2D eigenvalue weighted by molar-refractivity contribution is 0.0830. The van der Waals surface area contributed by atoms with E-state index in [1.807, 2.05) is 31.2 Å². The maximum absolute atomic E-state index is 12.2. The van der Waals surface area contributed by atoms with Gasteiger partial charge in [-0.2, -0.15) is 0 Å². The highest BCUT2D eigenvalue weighted by atomic mass is 16.5. The van der Waals surface area contributed by atoms with Crippen LogP contribution in [0.5, 0.6) is 0 Å². The van der Waals surface area contributed by atoms with Crippen molar-refractivity contribution in [2.75, 3.05) is 13.7 Å². The van der Waals surface area contributed by atoms with Crippen LogP contribution in [0.4, 0.5) is 0 Å². The lowest BCUT2D eigenvalue weighted by Gasteiger charge is -2.30. The Labute approximate surface area is 120 Å². The number of amides is 1. The maximum atomic E-state index is 12.2. The molecule has 0 spiro atoms. The molecule has 1 saturated carbocycles. The number of aliphatic hydroxyl groups is 1. The van der Waals surface area contributed by atoms with E-state index in [4.69, 9.17) is 4.74 Å². The van der Waals surface area contributed by atoms with Gasteiger partial charge in [-0.1, -0.05) is 25.5 Å². The maximum Gasteiger partial charge on any atom is 0.251 e. The molecule has 4 nitrogen and oxygen atoms in total. The van der Waals surface area contributed by atoms with Gasteiger partial charge >= 0.3 is 0 Å². The minimum absolute atomic E-state index is 0.0543. The summed E-state index contributed by atoms with van der Waals surface area (Å²) < 4.78 is 5.05. The molecule has 4 heteroatoms. The molecule has 110 valence electrons. The third-order valence-electron chi connectivity index (χ3n) is 4.28. The van der Waals surface area contributed by atoms with Crippen molar-refractivity contribution >= 4 is 5.91 Å². The molecule has 0 aliphatic heterocycles. The number of hydrogen-bond acceptors (Lipinski definition) is 3. The summed E-state index contributed by atoms with van der Waals surface area (Å²) in [5.74, 6) is -0.0689. The molecule has 1 aromatic rings. The molecule has 1 fully saturated rings. The molecule has 20 heavy (non-hydrogen) atoms. The Morgan fingerprint density at radius 2 is 2.15 bits per heavy atom. The second kappa shape index (κ2) is 6.37. The van der Waals surface area contributed by atoms with Crippen molar-refractivity contribution in [3.05, 3.63) is 35.4 Å². The third kappa shape index (κ3) is 3.19. The summed E-state index contributed by atoms with van der Waals surface area (Å²) in [4.78, 5) is 12.2. The predicted molar refractivity (Wildman–Crippen MR) is 77.5 cm³/mol. The average molecular weight is 277 g/mol. The quantitative estimate of drug-likeness (QED) is 0.866. The van der Waals surface area contributed by atoms with Gasteiger partial charge in [0.25, 0.3) is 5.91 Å². The first-order valence-corrected chi connectivity index (χ1v) is 7.08. The van der Waals surface area contributed by atoms with Crippen LogP contribution < -0.4 is 5.32 Å². The Morgan fingerprint density at radius 1 is 1.45 bits per heavy atom. The topological polar surface area (TPSA) is 58.6 Å². The van der Waals surface area contributed by atoms with Gasteiger partial charge in [0.15, 0.2) is 0 Å². The second-order valence-corrected chi connectivity index (χ2v) is 5.86. The Hall–Kier alpha value is -1.39. The zero-order chi connectivity index (χ0) is 14.6. The molecule has 1 aliphatic carbocycles. The molecular formula is C16H23NO3. The highest BCUT2D eigenvalue weighted by Crippen LogP contribution is 2.37. The molecule has 1 aromatic carbocycles. The molecule has 1 aliphatic rings. The van der Waals surface area contributed by atoms with Gasteiger partial charge in [0, 0.05) is 24.1 Å². The van der Waals surface area contributed by atoms with E-state index in [1.165, 1.54) is 0 Å². The molecule has 0 bridgehead atoms. The lowest BCUT2D eigenvalue weighted by atomic mass is 9.85. The highest BCUT2D eigenvalue weighted by molar-refractivity contribution is 5.94. The van der Waals surface area contributed by atoms with E-state index in [0.717, 1.165) is 24.8 Å². The Kier molecular flexibility index (Phi) is 4.78. The summed E-state index contributed by atoms with van der Waals surface area (Å²) in [5.41, 5.74) is 1.51. The monoisotopic (exact) mass is 277 g/mol. The van der Waals surface area contributed by atoms with Gasteiger partial charge < -0.3 is 15.2 Å². The molecule has 2 unspecified atom stereocenters. The predicted octanol–water partition coefficient (Wildman–Crippen LogP) is 2.11. The number of carbonyl (C=O) groups is 1. The van der Waals surface area contributed by atoms with E-state index in [9.17, 15) is 9.90 Å². The number of aliphatic hydroxyl groups excluding tert-OH is 1. The third-order valence-corrected chi connectivity index (χ3v) is 4.28. The standard InChI is InChI=1S/C16H23NO3/c1-16(11-18)9-3-4-14(16)17-15(19)13-7-5-12(6-8-13)10-20-2/h5-8,14,18H,3-4,9-11H2,1-2H3,(H,17,19). The molecule has 2 atom stereocenters. The van der Waals surface area contributed by atoms with Crippen LogP contribution in [-0.2, 0) is 11.3 Å². The Morgan fingerprint density at radius 3 is 2.75 bits per heavy atom. The first-order chi connectivity index (χ1) is 9.59. The van der Waals surface area contributed by atoms with Gasteiger partial charge in [-0.25, -0.2) is 0 Å². The van der Waals surface area contributed by atoms with Crippen molar-refractivity contribution in [2.45, 2.75) is 38.8 Å². The minimum atomic E-state index is -0.189. The molecule has 0 saturated heterocycles. The van der Waals surface area contributed by atoms with Crippen LogP contribution in [-0.4, -0.2) is 30.8 Å². The SMILES string of the molecule is COCc1ccc(C(=O)NC2CCCC2(C)CO)cc1. The zero-order valence-electron chi connectivity index (χ0n) is 12.2. The smallest absolute Gasteiger partial charge is 0.251 e. The van der Waals surface area contributed by atoms with E-state index < -0.39 is 0 Å². The molecule has 0 aromatic heterocycles. The number of hydrogen-bond donors (Lipinski definition) is 2. The van der Waals surface area contributed by atoms with E-state index >= 15 is 0 Å². The molecule has 1 amide bonds. The molecule has 2 rings (SSSR count). The summed E-state index contributed by atoms with van der Waals surface area (Å²) in [6.45, 7) is 2.70. The van der Waals surface area contributed by atoms with Gasteiger partial charge in [-0.3, -0.25) is 4.79 Å². The minimum Gasteiger partial charge on any atom is -0.396 e. The number of carbonyl (C=O) groups excluding carboxylic acids is 1. The molecule has 2 N–H and O–H groups in total. The highest BCUT2D eigenvalue weighted by Gasteiger charge is 2.39. The fraction of sp³-hybridized carbons (Fsp3) is 0.562. The van der Waals surface area contributed by atoms with Crippen LogP contribution in [0.15, 0.2) is 24.3 Å². The van der Waals surface area contributed by atoms with Crippen LogP contribution in [0.2, 0.25) is 0 Å². The number of rotatable bonds is 5. The van der Waals surface area contributed by atoms with Crippen LogP contribution in [0.25, 0.3) is 0 Å². The largest absolute Gasteiger partial charge is 0.396 e.